The van der Waals surface area contributed by atoms with E-state index in [-0.39, 0.29) is 23.0 Å². The number of likely N-dealkylation sites (N-methyl/N-ethyl adjacent to an activating group) is 1. The Bertz CT molecular complexity index is 1290. The lowest BCUT2D eigenvalue weighted by Crippen LogP contribution is -2.50. The number of carbonyl (C=O) groups is 2. The molecule has 0 saturated heterocycles. The van der Waals surface area contributed by atoms with Crippen LogP contribution in [0.3, 0.4) is 0 Å². The van der Waals surface area contributed by atoms with E-state index >= 15 is 0 Å². The lowest BCUT2D eigenvalue weighted by molar-refractivity contribution is -0.139. The summed E-state index contributed by atoms with van der Waals surface area (Å²) in [6.45, 7) is 1.13. The molecule has 1 N–H and O–H groups in total. The fraction of sp³-hybridized carbons (Fsp3) is 0.200. The Morgan fingerprint density at radius 3 is 2.17 bits per heavy atom. The molecule has 3 aromatic rings. The van der Waals surface area contributed by atoms with Crippen LogP contribution < -0.4 is 9.62 Å². The van der Waals surface area contributed by atoms with Crippen molar-refractivity contribution in [3.63, 3.8) is 0 Å². The van der Waals surface area contributed by atoms with Crippen molar-refractivity contribution < 1.29 is 18.0 Å². The van der Waals surface area contributed by atoms with Crippen LogP contribution in [0.15, 0.2) is 83.8 Å². The van der Waals surface area contributed by atoms with Crippen LogP contribution in [0.5, 0.6) is 0 Å². The maximum Gasteiger partial charge on any atom is 0.264 e. The molecule has 0 bridgehead atoms. The molecule has 1 atom stereocenters. The van der Waals surface area contributed by atoms with E-state index < -0.39 is 28.5 Å². The van der Waals surface area contributed by atoms with Crippen molar-refractivity contribution in [2.24, 2.45) is 0 Å². The van der Waals surface area contributed by atoms with Crippen molar-refractivity contribution >= 4 is 50.7 Å². The molecule has 3 rings (SSSR count). The average Bonchev–Trinajstić information content (AvgIpc) is 2.86. The third-order valence-electron chi connectivity index (χ3n) is 5.39. The Morgan fingerprint density at radius 2 is 1.57 bits per heavy atom. The first-order valence-electron chi connectivity index (χ1n) is 10.7. The number of rotatable bonds is 9. The van der Waals surface area contributed by atoms with E-state index in [1.54, 1.807) is 67.6 Å². The predicted octanol–water partition coefficient (Wildman–Crippen LogP) is 4.35. The molecule has 0 aliphatic carbocycles. The first-order valence-corrected chi connectivity index (χ1v) is 12.9. The molecule has 0 fully saturated rings. The standard InChI is InChI=1S/C25H25Cl2N3O4S/c1-18(25(32)28-2)29(16-19-11-13-20(26)14-12-19)24(31)17-30(22-8-6-7-21(27)15-22)35(33,34)23-9-4-3-5-10-23/h3-15,18H,16-17H2,1-2H3,(H,28,32)/t18-/m0/s1. The summed E-state index contributed by atoms with van der Waals surface area (Å²) in [5.74, 6) is -0.942. The summed E-state index contributed by atoms with van der Waals surface area (Å²) >= 11 is 12.1. The van der Waals surface area contributed by atoms with Crippen LogP contribution in [0.25, 0.3) is 0 Å². The molecule has 0 radical (unpaired) electrons. The molecule has 0 saturated carbocycles. The molecule has 0 unspecified atom stereocenters. The normalized spacial score (nSPS) is 12.0. The van der Waals surface area contributed by atoms with E-state index in [9.17, 15) is 18.0 Å². The molecule has 10 heteroatoms. The zero-order valence-electron chi connectivity index (χ0n) is 19.2. The maximum absolute atomic E-state index is 13.6. The second-order valence-electron chi connectivity index (χ2n) is 7.74. The van der Waals surface area contributed by atoms with Crippen LogP contribution in [0.1, 0.15) is 12.5 Å². The van der Waals surface area contributed by atoms with Gasteiger partial charge in [0.05, 0.1) is 10.6 Å². The molecule has 35 heavy (non-hydrogen) atoms. The summed E-state index contributed by atoms with van der Waals surface area (Å²) in [5.41, 5.74) is 0.965. The number of hydrogen-bond donors (Lipinski definition) is 1. The third-order valence-corrected chi connectivity index (χ3v) is 7.66. The number of sulfonamides is 1. The Morgan fingerprint density at radius 1 is 0.914 bits per heavy atom. The fourth-order valence-electron chi connectivity index (χ4n) is 3.46. The van der Waals surface area contributed by atoms with Crippen LogP contribution in [-0.4, -0.2) is 44.8 Å². The number of benzene rings is 3. The van der Waals surface area contributed by atoms with Gasteiger partial charge in [0, 0.05) is 23.6 Å². The van der Waals surface area contributed by atoms with Gasteiger partial charge in [-0.05, 0) is 55.0 Å². The first kappa shape index (κ1) is 26.5. The van der Waals surface area contributed by atoms with Gasteiger partial charge in [0.25, 0.3) is 10.0 Å². The van der Waals surface area contributed by atoms with E-state index in [0.29, 0.717) is 10.0 Å². The highest BCUT2D eigenvalue weighted by atomic mass is 35.5. The largest absolute Gasteiger partial charge is 0.357 e. The minimum Gasteiger partial charge on any atom is -0.357 e. The topological polar surface area (TPSA) is 86.8 Å². The van der Waals surface area contributed by atoms with Gasteiger partial charge in [-0.3, -0.25) is 13.9 Å². The van der Waals surface area contributed by atoms with Crippen LogP contribution in [-0.2, 0) is 26.2 Å². The summed E-state index contributed by atoms with van der Waals surface area (Å²) in [4.78, 5) is 27.4. The van der Waals surface area contributed by atoms with E-state index in [4.69, 9.17) is 23.2 Å². The number of nitrogens with zero attached hydrogens (tertiary/aromatic N) is 2. The summed E-state index contributed by atoms with van der Waals surface area (Å²) in [6, 6.07) is 20.1. The van der Waals surface area contributed by atoms with Crippen molar-refractivity contribution in [3.8, 4) is 0 Å². The molecule has 0 aliphatic rings. The van der Waals surface area contributed by atoms with E-state index in [0.717, 1.165) is 9.87 Å². The molecule has 0 aromatic heterocycles. The van der Waals surface area contributed by atoms with Crippen molar-refractivity contribution in [1.82, 2.24) is 10.2 Å². The summed E-state index contributed by atoms with van der Waals surface area (Å²) < 4.78 is 28.2. The molecule has 0 aliphatic heterocycles. The Balaban J connectivity index is 2.01. The van der Waals surface area contributed by atoms with Crippen LogP contribution in [0.2, 0.25) is 10.0 Å². The zero-order valence-corrected chi connectivity index (χ0v) is 21.5. The molecular weight excluding hydrogens is 509 g/mol. The van der Waals surface area contributed by atoms with Gasteiger partial charge in [-0.1, -0.05) is 59.6 Å². The minimum absolute atomic E-state index is 0.0244. The number of anilines is 1. The van der Waals surface area contributed by atoms with Gasteiger partial charge in [-0.2, -0.15) is 0 Å². The van der Waals surface area contributed by atoms with Crippen LogP contribution in [0.4, 0.5) is 5.69 Å². The van der Waals surface area contributed by atoms with E-state index in [1.807, 2.05) is 0 Å². The Labute approximate surface area is 215 Å². The van der Waals surface area contributed by atoms with Crippen LogP contribution >= 0.6 is 23.2 Å². The zero-order chi connectivity index (χ0) is 25.6. The summed E-state index contributed by atoms with van der Waals surface area (Å²) in [5, 5.41) is 3.39. The highest BCUT2D eigenvalue weighted by Crippen LogP contribution is 2.26. The van der Waals surface area contributed by atoms with E-state index in [2.05, 4.69) is 5.32 Å². The number of hydrogen-bond acceptors (Lipinski definition) is 4. The van der Waals surface area contributed by atoms with Gasteiger partial charge in [-0.25, -0.2) is 8.42 Å². The van der Waals surface area contributed by atoms with Gasteiger partial charge in [0.2, 0.25) is 11.8 Å². The number of halogens is 2. The quantitative estimate of drug-likeness (QED) is 0.442. The third kappa shape index (κ3) is 6.54. The van der Waals surface area contributed by atoms with Crippen molar-refractivity contribution in [2.75, 3.05) is 17.9 Å². The fourth-order valence-corrected chi connectivity index (χ4v) is 5.20. The molecular formula is C25H25Cl2N3O4S. The van der Waals surface area contributed by atoms with E-state index in [1.165, 1.54) is 30.1 Å². The van der Waals surface area contributed by atoms with Gasteiger partial charge in [-0.15, -0.1) is 0 Å². The molecule has 0 heterocycles. The number of carbonyl (C=O) groups excluding carboxylic acids is 2. The molecule has 0 spiro atoms. The van der Waals surface area contributed by atoms with Gasteiger partial charge in [0.1, 0.15) is 12.6 Å². The number of amides is 2. The van der Waals surface area contributed by atoms with Gasteiger partial charge < -0.3 is 10.2 Å². The first-order chi connectivity index (χ1) is 16.6. The average molecular weight is 534 g/mol. The molecule has 184 valence electrons. The van der Waals surface area contributed by atoms with Gasteiger partial charge in [0.15, 0.2) is 0 Å². The van der Waals surface area contributed by atoms with Crippen molar-refractivity contribution in [3.05, 3.63) is 94.5 Å². The highest BCUT2D eigenvalue weighted by Gasteiger charge is 2.32. The molecule has 3 aromatic carbocycles. The predicted molar refractivity (Wildman–Crippen MR) is 138 cm³/mol. The molecule has 2 amide bonds. The maximum atomic E-state index is 13.6. The smallest absolute Gasteiger partial charge is 0.264 e. The molecule has 7 nitrogen and oxygen atoms in total. The van der Waals surface area contributed by atoms with Crippen molar-refractivity contribution in [1.29, 1.82) is 0 Å². The summed E-state index contributed by atoms with van der Waals surface area (Å²) in [6.07, 6.45) is 0. The van der Waals surface area contributed by atoms with Crippen LogP contribution in [0, 0.1) is 0 Å². The Hall–Kier alpha value is -3.07. The van der Waals surface area contributed by atoms with Gasteiger partial charge >= 0.3 is 0 Å². The SMILES string of the molecule is CNC(=O)[C@H](C)N(Cc1ccc(Cl)cc1)C(=O)CN(c1cccc(Cl)c1)S(=O)(=O)c1ccccc1. The lowest BCUT2D eigenvalue weighted by atomic mass is 10.1. The van der Waals surface area contributed by atoms with Crippen molar-refractivity contribution in [2.45, 2.75) is 24.4 Å². The minimum atomic E-state index is -4.12. The lowest BCUT2D eigenvalue weighted by Gasteiger charge is -2.31. The number of nitrogens with one attached hydrogen (secondary N) is 1. The highest BCUT2D eigenvalue weighted by molar-refractivity contribution is 7.92. The summed E-state index contributed by atoms with van der Waals surface area (Å²) in [7, 11) is -2.65. The second-order valence-corrected chi connectivity index (χ2v) is 10.5. The monoisotopic (exact) mass is 533 g/mol. The second kappa shape index (κ2) is 11.6. The Kier molecular flexibility index (Phi) is 8.77.